The number of methoxy groups -OCH3 is 1. The zero-order chi connectivity index (χ0) is 21.8. The van der Waals surface area contributed by atoms with Crippen LogP contribution in [0.5, 0.6) is 5.75 Å². The van der Waals surface area contributed by atoms with Crippen molar-refractivity contribution in [3.63, 3.8) is 0 Å². The normalized spacial score (nSPS) is 10.8. The van der Waals surface area contributed by atoms with Crippen molar-refractivity contribution < 1.29 is 19.1 Å². The average Bonchev–Trinajstić information content (AvgIpc) is 3.25. The molecule has 2 aromatic carbocycles. The molecule has 0 spiro atoms. The van der Waals surface area contributed by atoms with Gasteiger partial charge in [-0.3, -0.25) is 4.79 Å². The molecule has 2 heterocycles. The van der Waals surface area contributed by atoms with Gasteiger partial charge in [-0.1, -0.05) is 42.5 Å². The second-order valence-electron chi connectivity index (χ2n) is 6.85. The minimum absolute atomic E-state index is 0.315. The van der Waals surface area contributed by atoms with E-state index < -0.39 is 5.97 Å². The molecule has 0 aliphatic rings. The molecule has 0 N–H and O–H groups in total. The molecule has 7 nitrogen and oxygen atoms in total. The monoisotopic (exact) mass is 415 g/mol. The van der Waals surface area contributed by atoms with Crippen LogP contribution < -0.4 is 4.74 Å². The van der Waals surface area contributed by atoms with E-state index in [9.17, 15) is 9.59 Å². The number of benzene rings is 2. The van der Waals surface area contributed by atoms with Crippen molar-refractivity contribution in [3.05, 3.63) is 78.0 Å². The number of aromatic nitrogens is 3. The molecule has 0 aliphatic heterocycles. The van der Waals surface area contributed by atoms with Gasteiger partial charge >= 0.3 is 5.97 Å². The Morgan fingerprint density at radius 1 is 1.03 bits per heavy atom. The van der Waals surface area contributed by atoms with Crippen LogP contribution in [0.4, 0.5) is 0 Å². The van der Waals surface area contributed by atoms with Crippen LogP contribution in [0.3, 0.4) is 0 Å². The number of carbonyl (C=O) groups excluding carboxylic acids is 2. The lowest BCUT2D eigenvalue weighted by Gasteiger charge is -2.09. The van der Waals surface area contributed by atoms with Crippen LogP contribution in [0, 0.1) is 0 Å². The summed E-state index contributed by atoms with van der Waals surface area (Å²) in [7, 11) is 1.53. The first-order chi connectivity index (χ1) is 15.1. The van der Waals surface area contributed by atoms with Crippen molar-refractivity contribution in [3.8, 4) is 17.0 Å². The molecule has 0 unspecified atom stereocenters. The van der Waals surface area contributed by atoms with E-state index in [0.29, 0.717) is 40.1 Å². The van der Waals surface area contributed by atoms with E-state index in [1.165, 1.54) is 7.11 Å². The number of nitrogens with zero attached hydrogens (tertiary/aromatic N) is 3. The zero-order valence-electron chi connectivity index (χ0n) is 17.2. The molecule has 4 aromatic rings. The topological polar surface area (TPSA) is 83.3 Å². The first kappa shape index (κ1) is 20.3. The van der Waals surface area contributed by atoms with Crippen LogP contribution in [0.25, 0.3) is 22.3 Å². The average molecular weight is 415 g/mol. The van der Waals surface area contributed by atoms with Crippen molar-refractivity contribution in [2.24, 2.45) is 0 Å². The third kappa shape index (κ3) is 4.16. The van der Waals surface area contributed by atoms with E-state index in [-0.39, 0.29) is 12.4 Å². The van der Waals surface area contributed by atoms with Crippen LogP contribution in [0.1, 0.15) is 27.6 Å². The predicted octanol–water partition coefficient (Wildman–Crippen LogP) is 4.17. The van der Waals surface area contributed by atoms with Crippen molar-refractivity contribution in [2.75, 3.05) is 13.7 Å². The molecular weight excluding hydrogens is 394 g/mol. The molecule has 2 aromatic heterocycles. The SMILES string of the molecule is CCn1ncc2c(C(=O)OCC(=O)c3cccc(OC)c3)cc(-c3ccccc3)nc21. The Balaban J connectivity index is 1.64. The second kappa shape index (κ2) is 8.79. The molecule has 31 heavy (non-hydrogen) atoms. The molecule has 4 rings (SSSR count). The van der Waals surface area contributed by atoms with Gasteiger partial charge in [0, 0.05) is 17.7 Å². The van der Waals surface area contributed by atoms with Crippen LogP contribution in [-0.2, 0) is 11.3 Å². The Bertz CT molecular complexity index is 1250. The van der Waals surface area contributed by atoms with Gasteiger partial charge in [-0.15, -0.1) is 0 Å². The Kier molecular flexibility index (Phi) is 5.75. The number of fused-ring (bicyclic) bond motifs is 1. The number of hydrogen-bond acceptors (Lipinski definition) is 6. The fraction of sp³-hybridized carbons (Fsp3) is 0.167. The van der Waals surface area contributed by atoms with Gasteiger partial charge in [-0.05, 0) is 25.1 Å². The standard InChI is InChI=1S/C24H21N3O4/c1-3-27-23-20(14-25-27)19(13-21(26-23)16-8-5-4-6-9-16)24(29)31-15-22(28)17-10-7-11-18(12-17)30-2/h4-14H,3,15H2,1-2H3. The number of carbonyl (C=O) groups is 2. The summed E-state index contributed by atoms with van der Waals surface area (Å²) < 4.78 is 12.2. The smallest absolute Gasteiger partial charge is 0.339 e. The number of aryl methyl sites for hydroxylation is 1. The highest BCUT2D eigenvalue weighted by Crippen LogP contribution is 2.25. The predicted molar refractivity (Wildman–Crippen MR) is 116 cm³/mol. The highest BCUT2D eigenvalue weighted by molar-refractivity contribution is 6.05. The van der Waals surface area contributed by atoms with E-state index in [4.69, 9.17) is 14.5 Å². The lowest BCUT2D eigenvalue weighted by molar-refractivity contribution is 0.0476. The van der Waals surface area contributed by atoms with Gasteiger partial charge < -0.3 is 9.47 Å². The summed E-state index contributed by atoms with van der Waals surface area (Å²) in [6.07, 6.45) is 1.60. The molecule has 156 valence electrons. The minimum Gasteiger partial charge on any atom is -0.497 e. The molecule has 0 aliphatic carbocycles. The Hall–Kier alpha value is -4.00. The highest BCUT2D eigenvalue weighted by atomic mass is 16.5. The Morgan fingerprint density at radius 3 is 2.58 bits per heavy atom. The molecule has 0 saturated carbocycles. The number of ether oxygens (including phenoxy) is 2. The third-order valence-corrected chi connectivity index (χ3v) is 4.92. The van der Waals surface area contributed by atoms with Crippen LogP contribution >= 0.6 is 0 Å². The molecule has 0 radical (unpaired) electrons. The van der Waals surface area contributed by atoms with Crippen molar-refractivity contribution in [2.45, 2.75) is 13.5 Å². The lowest BCUT2D eigenvalue weighted by Crippen LogP contribution is -2.15. The number of Topliss-reactive ketones (excluding diaryl/α,β-unsaturated/α-hetero) is 1. The van der Waals surface area contributed by atoms with Gasteiger partial charge in [0.05, 0.1) is 30.0 Å². The largest absolute Gasteiger partial charge is 0.497 e. The lowest BCUT2D eigenvalue weighted by atomic mass is 10.1. The first-order valence-corrected chi connectivity index (χ1v) is 9.87. The van der Waals surface area contributed by atoms with Gasteiger partial charge in [0.15, 0.2) is 18.0 Å². The molecule has 0 fully saturated rings. The molecular formula is C24H21N3O4. The van der Waals surface area contributed by atoms with Gasteiger partial charge in [-0.2, -0.15) is 5.10 Å². The maximum Gasteiger partial charge on any atom is 0.339 e. The van der Waals surface area contributed by atoms with E-state index in [2.05, 4.69) is 5.10 Å². The molecule has 0 saturated heterocycles. The Morgan fingerprint density at radius 2 is 1.84 bits per heavy atom. The van der Waals surface area contributed by atoms with Crippen molar-refractivity contribution in [1.82, 2.24) is 14.8 Å². The molecule has 0 bridgehead atoms. The Labute approximate surface area is 179 Å². The minimum atomic E-state index is -0.600. The van der Waals surface area contributed by atoms with Gasteiger partial charge in [0.2, 0.25) is 0 Å². The summed E-state index contributed by atoms with van der Waals surface area (Å²) in [6.45, 7) is 2.18. The third-order valence-electron chi connectivity index (χ3n) is 4.92. The molecule has 0 atom stereocenters. The first-order valence-electron chi connectivity index (χ1n) is 9.87. The van der Waals surface area contributed by atoms with Gasteiger partial charge in [0.1, 0.15) is 5.75 Å². The number of ketones is 1. The summed E-state index contributed by atoms with van der Waals surface area (Å²) in [5, 5.41) is 4.90. The van der Waals surface area contributed by atoms with Gasteiger partial charge in [-0.25, -0.2) is 14.5 Å². The summed E-state index contributed by atoms with van der Waals surface area (Å²) in [6, 6.07) is 18.0. The summed E-state index contributed by atoms with van der Waals surface area (Å²) in [5.41, 5.74) is 2.83. The van der Waals surface area contributed by atoms with Gasteiger partial charge in [0.25, 0.3) is 0 Å². The van der Waals surface area contributed by atoms with E-state index in [0.717, 1.165) is 5.56 Å². The highest BCUT2D eigenvalue weighted by Gasteiger charge is 2.19. The fourth-order valence-corrected chi connectivity index (χ4v) is 3.29. The van der Waals surface area contributed by atoms with E-state index in [1.54, 1.807) is 41.2 Å². The summed E-state index contributed by atoms with van der Waals surface area (Å²) >= 11 is 0. The summed E-state index contributed by atoms with van der Waals surface area (Å²) in [5.74, 6) is -0.353. The maximum atomic E-state index is 12.9. The van der Waals surface area contributed by atoms with Crippen molar-refractivity contribution >= 4 is 22.8 Å². The quantitative estimate of drug-likeness (QED) is 0.333. The van der Waals surface area contributed by atoms with E-state index >= 15 is 0 Å². The van der Waals surface area contributed by atoms with Crippen LogP contribution in [-0.4, -0.2) is 40.2 Å². The second-order valence-corrected chi connectivity index (χ2v) is 6.85. The molecule has 0 amide bonds. The van der Waals surface area contributed by atoms with Crippen LogP contribution in [0.15, 0.2) is 66.9 Å². The number of pyridine rings is 1. The zero-order valence-corrected chi connectivity index (χ0v) is 17.2. The van der Waals surface area contributed by atoms with Crippen molar-refractivity contribution in [1.29, 1.82) is 0 Å². The number of hydrogen-bond donors (Lipinski definition) is 0. The summed E-state index contributed by atoms with van der Waals surface area (Å²) in [4.78, 5) is 30.1. The molecule has 7 heteroatoms. The maximum absolute atomic E-state index is 12.9. The fourth-order valence-electron chi connectivity index (χ4n) is 3.29. The number of esters is 1. The van der Waals surface area contributed by atoms with Crippen LogP contribution in [0.2, 0.25) is 0 Å². The number of rotatable bonds is 7. The van der Waals surface area contributed by atoms with E-state index in [1.807, 2.05) is 37.3 Å².